The molecule has 0 saturated carbocycles. The molecular weight excluding hydrogens is 200 g/mol. The summed E-state index contributed by atoms with van der Waals surface area (Å²) in [5.74, 6) is 1.02. The molecule has 0 spiro atoms. The quantitative estimate of drug-likeness (QED) is 0.824. The van der Waals surface area contributed by atoms with Crippen LogP contribution in [0, 0.1) is 0 Å². The predicted molar refractivity (Wildman–Crippen MR) is 64.4 cm³/mol. The van der Waals surface area contributed by atoms with Crippen molar-refractivity contribution in [1.29, 1.82) is 0 Å². The predicted octanol–water partition coefficient (Wildman–Crippen LogP) is 2.06. The lowest BCUT2D eigenvalue weighted by Gasteiger charge is -2.30. The van der Waals surface area contributed by atoms with Crippen molar-refractivity contribution in [3.05, 3.63) is 36.1 Å². The SMILES string of the molecule is CC(NC1CNC1)c1cc2ccccc2o1. The molecule has 0 aliphatic carbocycles. The first-order valence-electron chi connectivity index (χ1n) is 5.78. The molecule has 0 amide bonds. The number of fused-ring (bicyclic) bond motifs is 1. The second-order valence-corrected chi connectivity index (χ2v) is 4.43. The van der Waals surface area contributed by atoms with Crippen LogP contribution in [-0.2, 0) is 0 Å². The largest absolute Gasteiger partial charge is 0.459 e. The van der Waals surface area contributed by atoms with Gasteiger partial charge in [-0.1, -0.05) is 18.2 Å². The lowest BCUT2D eigenvalue weighted by atomic mass is 10.1. The first-order chi connectivity index (χ1) is 7.83. The Labute approximate surface area is 94.8 Å². The van der Waals surface area contributed by atoms with Crippen molar-refractivity contribution in [3.63, 3.8) is 0 Å². The number of benzene rings is 1. The van der Waals surface area contributed by atoms with Crippen LogP contribution in [0.4, 0.5) is 0 Å². The van der Waals surface area contributed by atoms with Crippen LogP contribution in [0.1, 0.15) is 18.7 Å². The first kappa shape index (κ1) is 9.87. The monoisotopic (exact) mass is 216 g/mol. The van der Waals surface area contributed by atoms with Crippen LogP contribution in [0.2, 0.25) is 0 Å². The summed E-state index contributed by atoms with van der Waals surface area (Å²) in [4.78, 5) is 0. The molecule has 1 saturated heterocycles. The van der Waals surface area contributed by atoms with E-state index in [0.29, 0.717) is 6.04 Å². The smallest absolute Gasteiger partial charge is 0.134 e. The maximum Gasteiger partial charge on any atom is 0.134 e. The fraction of sp³-hybridized carbons (Fsp3) is 0.385. The Bertz CT molecular complexity index is 454. The Morgan fingerprint density at radius 1 is 1.38 bits per heavy atom. The molecule has 1 unspecified atom stereocenters. The van der Waals surface area contributed by atoms with Gasteiger partial charge in [-0.2, -0.15) is 0 Å². The molecule has 1 aliphatic rings. The molecule has 1 atom stereocenters. The normalized spacial score (nSPS) is 18.6. The van der Waals surface area contributed by atoms with Gasteiger partial charge in [0.05, 0.1) is 6.04 Å². The minimum atomic E-state index is 0.277. The van der Waals surface area contributed by atoms with Crippen LogP contribution in [-0.4, -0.2) is 19.1 Å². The summed E-state index contributed by atoms with van der Waals surface area (Å²) in [6.45, 7) is 4.27. The van der Waals surface area contributed by atoms with E-state index >= 15 is 0 Å². The van der Waals surface area contributed by atoms with Gasteiger partial charge in [0, 0.05) is 24.5 Å². The van der Waals surface area contributed by atoms with Gasteiger partial charge in [0.1, 0.15) is 11.3 Å². The molecule has 1 aliphatic heterocycles. The van der Waals surface area contributed by atoms with E-state index in [1.54, 1.807) is 0 Å². The van der Waals surface area contributed by atoms with Gasteiger partial charge >= 0.3 is 0 Å². The molecule has 1 fully saturated rings. The molecule has 3 rings (SSSR count). The lowest BCUT2D eigenvalue weighted by Crippen LogP contribution is -2.55. The van der Waals surface area contributed by atoms with Crippen molar-refractivity contribution in [2.45, 2.75) is 19.0 Å². The Balaban J connectivity index is 1.81. The summed E-state index contributed by atoms with van der Waals surface area (Å²) < 4.78 is 5.82. The van der Waals surface area contributed by atoms with Crippen LogP contribution in [0.3, 0.4) is 0 Å². The summed E-state index contributed by atoms with van der Waals surface area (Å²) in [6.07, 6.45) is 0. The summed E-state index contributed by atoms with van der Waals surface area (Å²) >= 11 is 0. The van der Waals surface area contributed by atoms with Gasteiger partial charge in [-0.05, 0) is 19.1 Å². The summed E-state index contributed by atoms with van der Waals surface area (Å²) in [5, 5.41) is 7.97. The van der Waals surface area contributed by atoms with Gasteiger partial charge in [-0.25, -0.2) is 0 Å². The lowest BCUT2D eigenvalue weighted by molar-refractivity contribution is 0.319. The molecule has 1 aromatic heterocycles. The summed E-state index contributed by atoms with van der Waals surface area (Å²) in [7, 11) is 0. The zero-order chi connectivity index (χ0) is 11.0. The van der Waals surface area contributed by atoms with E-state index in [1.165, 1.54) is 5.39 Å². The van der Waals surface area contributed by atoms with Gasteiger partial charge < -0.3 is 15.1 Å². The third-order valence-electron chi connectivity index (χ3n) is 3.14. The topological polar surface area (TPSA) is 37.2 Å². The highest BCUT2D eigenvalue weighted by Crippen LogP contribution is 2.23. The van der Waals surface area contributed by atoms with E-state index in [-0.39, 0.29) is 6.04 Å². The van der Waals surface area contributed by atoms with E-state index in [4.69, 9.17) is 4.42 Å². The molecule has 3 heteroatoms. The number of hydrogen-bond acceptors (Lipinski definition) is 3. The average Bonchev–Trinajstić information content (AvgIpc) is 2.66. The zero-order valence-electron chi connectivity index (χ0n) is 9.36. The van der Waals surface area contributed by atoms with Crippen molar-refractivity contribution in [2.24, 2.45) is 0 Å². The first-order valence-corrected chi connectivity index (χ1v) is 5.78. The summed E-state index contributed by atoms with van der Waals surface area (Å²) in [5.41, 5.74) is 0.970. The number of rotatable bonds is 3. The third-order valence-corrected chi connectivity index (χ3v) is 3.14. The van der Waals surface area contributed by atoms with Crippen LogP contribution < -0.4 is 10.6 Å². The summed E-state index contributed by atoms with van der Waals surface area (Å²) in [6, 6.07) is 11.1. The molecule has 0 radical (unpaired) electrons. The minimum absolute atomic E-state index is 0.277. The highest BCUT2D eigenvalue weighted by molar-refractivity contribution is 5.77. The van der Waals surface area contributed by atoms with Crippen molar-refractivity contribution >= 4 is 11.0 Å². The molecule has 16 heavy (non-hydrogen) atoms. The van der Waals surface area contributed by atoms with Crippen LogP contribution in [0.15, 0.2) is 34.7 Å². The van der Waals surface area contributed by atoms with Crippen molar-refractivity contribution in [3.8, 4) is 0 Å². The fourth-order valence-electron chi connectivity index (χ4n) is 2.06. The Hall–Kier alpha value is -1.32. The fourth-order valence-corrected chi connectivity index (χ4v) is 2.06. The molecule has 84 valence electrons. The van der Waals surface area contributed by atoms with Gasteiger partial charge in [-0.3, -0.25) is 0 Å². The van der Waals surface area contributed by atoms with Crippen LogP contribution in [0.5, 0.6) is 0 Å². The number of furan rings is 1. The van der Waals surface area contributed by atoms with Gasteiger partial charge in [0.2, 0.25) is 0 Å². The second kappa shape index (κ2) is 3.92. The second-order valence-electron chi connectivity index (χ2n) is 4.43. The van der Waals surface area contributed by atoms with Crippen LogP contribution >= 0.6 is 0 Å². The molecule has 2 heterocycles. The Morgan fingerprint density at radius 2 is 2.19 bits per heavy atom. The minimum Gasteiger partial charge on any atom is -0.459 e. The molecule has 2 aromatic rings. The average molecular weight is 216 g/mol. The maximum atomic E-state index is 5.82. The van der Waals surface area contributed by atoms with Crippen LogP contribution in [0.25, 0.3) is 11.0 Å². The molecular formula is C13H16N2O. The molecule has 1 aromatic carbocycles. The molecule has 0 bridgehead atoms. The van der Waals surface area contributed by atoms with E-state index in [1.807, 2.05) is 18.2 Å². The van der Waals surface area contributed by atoms with E-state index in [2.05, 4.69) is 29.7 Å². The highest BCUT2D eigenvalue weighted by atomic mass is 16.3. The van der Waals surface area contributed by atoms with Crippen molar-refractivity contribution < 1.29 is 4.42 Å². The van der Waals surface area contributed by atoms with Crippen molar-refractivity contribution in [2.75, 3.05) is 13.1 Å². The number of nitrogens with one attached hydrogen (secondary N) is 2. The Kier molecular flexibility index (Phi) is 2.42. The van der Waals surface area contributed by atoms with E-state index in [9.17, 15) is 0 Å². The van der Waals surface area contributed by atoms with Gasteiger partial charge in [0.15, 0.2) is 0 Å². The van der Waals surface area contributed by atoms with Crippen molar-refractivity contribution in [1.82, 2.24) is 10.6 Å². The molecule has 3 nitrogen and oxygen atoms in total. The van der Waals surface area contributed by atoms with E-state index < -0.39 is 0 Å². The number of para-hydroxylation sites is 1. The maximum absolute atomic E-state index is 5.82. The van der Waals surface area contributed by atoms with Gasteiger partial charge in [-0.15, -0.1) is 0 Å². The number of hydrogen-bond donors (Lipinski definition) is 2. The zero-order valence-corrected chi connectivity index (χ0v) is 9.36. The Morgan fingerprint density at radius 3 is 2.88 bits per heavy atom. The molecule has 2 N–H and O–H groups in total. The highest BCUT2D eigenvalue weighted by Gasteiger charge is 2.20. The van der Waals surface area contributed by atoms with Gasteiger partial charge in [0.25, 0.3) is 0 Å². The third kappa shape index (κ3) is 1.72. The standard InChI is InChI=1S/C13H16N2O/c1-9(15-11-7-14-8-11)13-6-10-4-2-3-5-12(10)16-13/h2-6,9,11,14-15H,7-8H2,1H3. The van der Waals surface area contributed by atoms with E-state index in [0.717, 1.165) is 24.4 Å².